The maximum Gasteiger partial charge on any atom is 0.0334 e. The molecule has 0 heterocycles. The van der Waals surface area contributed by atoms with Crippen molar-refractivity contribution in [2.45, 2.75) is 65.3 Å². The van der Waals surface area contributed by atoms with Gasteiger partial charge in [-0.1, -0.05) is 34.1 Å². The van der Waals surface area contributed by atoms with Gasteiger partial charge in [0.05, 0.1) is 0 Å². The Hall–Kier alpha value is -0.0800. The zero-order valence-electron chi connectivity index (χ0n) is 12.3. The van der Waals surface area contributed by atoms with E-state index >= 15 is 0 Å². The van der Waals surface area contributed by atoms with Crippen LogP contribution in [-0.4, -0.2) is 30.1 Å². The second-order valence-electron chi connectivity index (χ2n) is 6.06. The van der Waals surface area contributed by atoms with Crippen molar-refractivity contribution in [2.75, 3.05) is 19.6 Å². The summed E-state index contributed by atoms with van der Waals surface area (Å²) in [6.07, 6.45) is 6.53. The number of likely N-dealkylation sites (N-methyl/N-ethyl adjacent to an activating group) is 1. The van der Waals surface area contributed by atoms with Crippen molar-refractivity contribution in [2.24, 2.45) is 17.6 Å². The zero-order chi connectivity index (χ0) is 12.9. The summed E-state index contributed by atoms with van der Waals surface area (Å²) in [7, 11) is 0. The lowest BCUT2D eigenvalue weighted by Gasteiger charge is -2.49. The monoisotopic (exact) mass is 240 g/mol. The highest BCUT2D eigenvalue weighted by molar-refractivity contribution is 4.97. The van der Waals surface area contributed by atoms with Crippen LogP contribution in [0, 0.1) is 11.8 Å². The Bertz CT molecular complexity index is 217. The molecular formula is C15H32N2. The van der Waals surface area contributed by atoms with Crippen molar-refractivity contribution in [3.8, 4) is 0 Å². The Kier molecular flexibility index (Phi) is 5.94. The number of nitrogens with two attached hydrogens (primary N) is 1. The Labute approximate surface area is 108 Å². The summed E-state index contributed by atoms with van der Waals surface area (Å²) in [5.74, 6) is 1.70. The van der Waals surface area contributed by atoms with Crippen LogP contribution in [0.5, 0.6) is 0 Å². The highest BCUT2D eigenvalue weighted by atomic mass is 15.2. The van der Waals surface area contributed by atoms with Gasteiger partial charge in [-0.15, -0.1) is 0 Å². The molecule has 0 bridgehead atoms. The number of nitrogens with zero attached hydrogens (tertiary/aromatic N) is 1. The van der Waals surface area contributed by atoms with E-state index in [0.29, 0.717) is 5.54 Å². The van der Waals surface area contributed by atoms with Gasteiger partial charge in [0, 0.05) is 12.1 Å². The molecule has 1 fully saturated rings. The van der Waals surface area contributed by atoms with E-state index in [0.717, 1.165) is 24.9 Å². The Morgan fingerprint density at radius 3 is 2.41 bits per heavy atom. The van der Waals surface area contributed by atoms with Crippen LogP contribution in [-0.2, 0) is 0 Å². The fourth-order valence-electron chi connectivity index (χ4n) is 3.36. The minimum Gasteiger partial charge on any atom is -0.329 e. The van der Waals surface area contributed by atoms with Crippen LogP contribution in [0.2, 0.25) is 0 Å². The normalized spacial score (nSPS) is 34.2. The summed E-state index contributed by atoms with van der Waals surface area (Å²) < 4.78 is 0. The summed E-state index contributed by atoms with van der Waals surface area (Å²) in [6, 6.07) is 0. The van der Waals surface area contributed by atoms with E-state index < -0.39 is 0 Å². The van der Waals surface area contributed by atoms with Gasteiger partial charge in [-0.3, -0.25) is 4.90 Å². The smallest absolute Gasteiger partial charge is 0.0334 e. The van der Waals surface area contributed by atoms with Crippen molar-refractivity contribution in [1.29, 1.82) is 0 Å². The Morgan fingerprint density at radius 2 is 1.94 bits per heavy atom. The molecule has 0 saturated heterocycles. The van der Waals surface area contributed by atoms with E-state index in [1.165, 1.54) is 38.6 Å². The van der Waals surface area contributed by atoms with Gasteiger partial charge in [0.25, 0.3) is 0 Å². The van der Waals surface area contributed by atoms with Gasteiger partial charge in [0.1, 0.15) is 0 Å². The summed E-state index contributed by atoms with van der Waals surface area (Å²) in [4.78, 5) is 2.67. The first-order valence-corrected chi connectivity index (χ1v) is 7.54. The molecule has 0 radical (unpaired) electrons. The molecule has 3 atom stereocenters. The molecule has 0 spiro atoms. The Morgan fingerprint density at radius 1 is 1.24 bits per heavy atom. The van der Waals surface area contributed by atoms with Crippen molar-refractivity contribution >= 4 is 0 Å². The molecular weight excluding hydrogens is 208 g/mol. The molecule has 0 aromatic carbocycles. The van der Waals surface area contributed by atoms with Gasteiger partial charge in [-0.05, 0) is 50.6 Å². The average Bonchev–Trinajstić information content (AvgIpc) is 2.34. The molecule has 1 aliphatic rings. The predicted octanol–water partition coefficient (Wildman–Crippen LogP) is 3.26. The number of hydrogen-bond acceptors (Lipinski definition) is 2. The van der Waals surface area contributed by atoms with E-state index in [1.54, 1.807) is 0 Å². The van der Waals surface area contributed by atoms with Gasteiger partial charge >= 0.3 is 0 Å². The third-order valence-corrected chi connectivity index (χ3v) is 4.95. The first-order valence-electron chi connectivity index (χ1n) is 7.54. The van der Waals surface area contributed by atoms with Crippen molar-refractivity contribution in [3.63, 3.8) is 0 Å². The second kappa shape index (κ2) is 6.75. The van der Waals surface area contributed by atoms with Crippen molar-refractivity contribution in [1.82, 2.24) is 4.90 Å². The molecule has 0 aromatic rings. The maximum atomic E-state index is 6.15. The summed E-state index contributed by atoms with van der Waals surface area (Å²) in [6.45, 7) is 12.6. The molecule has 0 amide bonds. The minimum absolute atomic E-state index is 0.301. The highest BCUT2D eigenvalue weighted by Gasteiger charge is 2.40. The van der Waals surface area contributed by atoms with Crippen LogP contribution in [0.3, 0.4) is 0 Å². The molecule has 1 saturated carbocycles. The molecule has 102 valence electrons. The number of rotatable bonds is 6. The lowest BCUT2D eigenvalue weighted by Crippen LogP contribution is -2.57. The van der Waals surface area contributed by atoms with E-state index in [4.69, 9.17) is 5.73 Å². The molecule has 2 heteroatoms. The third kappa shape index (κ3) is 3.45. The lowest BCUT2D eigenvalue weighted by molar-refractivity contribution is 0.0238. The standard InChI is InChI=1S/C15H32N2/c1-5-7-10-17(6-2)15(12-16)9-8-13(3)14(4)11-15/h13-14H,5-12,16H2,1-4H3. The van der Waals surface area contributed by atoms with Crippen LogP contribution in [0.1, 0.15) is 59.8 Å². The maximum absolute atomic E-state index is 6.15. The van der Waals surface area contributed by atoms with Gasteiger partial charge in [0.15, 0.2) is 0 Å². The third-order valence-electron chi connectivity index (χ3n) is 4.95. The van der Waals surface area contributed by atoms with Crippen molar-refractivity contribution < 1.29 is 0 Å². The predicted molar refractivity (Wildman–Crippen MR) is 76.1 cm³/mol. The minimum atomic E-state index is 0.301. The van der Waals surface area contributed by atoms with Crippen LogP contribution >= 0.6 is 0 Å². The fourth-order valence-corrected chi connectivity index (χ4v) is 3.36. The SMILES string of the molecule is CCCCN(CC)C1(CN)CCC(C)C(C)C1. The molecule has 2 nitrogen and oxygen atoms in total. The van der Waals surface area contributed by atoms with E-state index in [2.05, 4.69) is 32.6 Å². The van der Waals surface area contributed by atoms with Crippen LogP contribution < -0.4 is 5.73 Å². The first kappa shape index (κ1) is 15.0. The zero-order valence-corrected chi connectivity index (χ0v) is 12.3. The lowest BCUT2D eigenvalue weighted by atomic mass is 9.70. The average molecular weight is 240 g/mol. The van der Waals surface area contributed by atoms with E-state index in [-0.39, 0.29) is 0 Å². The molecule has 0 aliphatic heterocycles. The molecule has 2 N–H and O–H groups in total. The van der Waals surface area contributed by atoms with Crippen LogP contribution in [0.25, 0.3) is 0 Å². The van der Waals surface area contributed by atoms with Crippen LogP contribution in [0.4, 0.5) is 0 Å². The number of hydrogen-bond donors (Lipinski definition) is 1. The first-order chi connectivity index (χ1) is 8.09. The summed E-state index contributed by atoms with van der Waals surface area (Å²) in [5, 5.41) is 0. The van der Waals surface area contributed by atoms with Crippen LogP contribution in [0.15, 0.2) is 0 Å². The highest BCUT2D eigenvalue weighted by Crippen LogP contribution is 2.39. The van der Waals surface area contributed by atoms with E-state index in [9.17, 15) is 0 Å². The van der Waals surface area contributed by atoms with Gasteiger partial charge < -0.3 is 5.73 Å². The summed E-state index contributed by atoms with van der Waals surface area (Å²) in [5.41, 5.74) is 6.45. The van der Waals surface area contributed by atoms with E-state index in [1.807, 2.05) is 0 Å². The largest absolute Gasteiger partial charge is 0.329 e. The van der Waals surface area contributed by atoms with Gasteiger partial charge in [0.2, 0.25) is 0 Å². The quantitative estimate of drug-likeness (QED) is 0.772. The topological polar surface area (TPSA) is 29.3 Å². The Balaban J connectivity index is 2.71. The summed E-state index contributed by atoms with van der Waals surface area (Å²) >= 11 is 0. The molecule has 3 unspecified atom stereocenters. The number of unbranched alkanes of at least 4 members (excludes halogenated alkanes) is 1. The molecule has 0 aromatic heterocycles. The molecule has 1 rings (SSSR count). The van der Waals surface area contributed by atoms with Crippen molar-refractivity contribution in [3.05, 3.63) is 0 Å². The second-order valence-corrected chi connectivity index (χ2v) is 6.06. The molecule has 1 aliphatic carbocycles. The van der Waals surface area contributed by atoms with Gasteiger partial charge in [-0.25, -0.2) is 0 Å². The molecule has 17 heavy (non-hydrogen) atoms. The fraction of sp³-hybridized carbons (Fsp3) is 1.00. The van der Waals surface area contributed by atoms with Gasteiger partial charge in [-0.2, -0.15) is 0 Å².